The fraction of sp³-hybridized carbons (Fsp3) is 0.714. The molecule has 0 amide bonds. The Balaban J connectivity index is 2.15. The van der Waals surface area contributed by atoms with Crippen LogP contribution in [0.4, 0.5) is 0 Å². The lowest BCUT2D eigenvalue weighted by molar-refractivity contribution is 0.402. The highest BCUT2D eigenvalue weighted by Gasteiger charge is 1.96. The van der Waals surface area contributed by atoms with Crippen LogP contribution in [0.15, 0.2) is 4.52 Å². The van der Waals surface area contributed by atoms with Gasteiger partial charge in [0.1, 0.15) is 0 Å². The molecule has 0 saturated heterocycles. The summed E-state index contributed by atoms with van der Waals surface area (Å²) in [6, 6.07) is 0. The minimum atomic E-state index is 0.772. The quantitative estimate of drug-likeness (QED) is 0.595. The van der Waals surface area contributed by atoms with Gasteiger partial charge in [-0.1, -0.05) is 24.9 Å². The Morgan fingerprint density at radius 2 is 2.40 bits per heavy atom. The van der Waals surface area contributed by atoms with Crippen LogP contribution in [0, 0.1) is 6.39 Å². The van der Waals surface area contributed by atoms with Crippen molar-refractivity contribution in [3.63, 3.8) is 0 Å². The molecule has 0 fully saturated rings. The van der Waals surface area contributed by atoms with Gasteiger partial charge in [-0.05, 0) is 6.42 Å². The molecule has 0 bridgehead atoms. The summed E-state index contributed by atoms with van der Waals surface area (Å²) in [7, 11) is 0. The van der Waals surface area contributed by atoms with Crippen molar-refractivity contribution in [3.05, 3.63) is 12.2 Å². The van der Waals surface area contributed by atoms with E-state index in [0.717, 1.165) is 18.7 Å². The molecule has 0 aliphatic carbocycles. The van der Waals surface area contributed by atoms with Crippen molar-refractivity contribution in [3.8, 4) is 0 Å². The predicted molar refractivity (Wildman–Crippen MR) is 36.4 cm³/mol. The second-order valence-electron chi connectivity index (χ2n) is 2.26. The second kappa shape index (κ2) is 4.04. The van der Waals surface area contributed by atoms with E-state index in [1.54, 1.807) is 0 Å². The molecule has 0 atom stereocenters. The van der Waals surface area contributed by atoms with E-state index in [4.69, 9.17) is 0 Å². The maximum Gasteiger partial charge on any atom is 0.316 e. The van der Waals surface area contributed by atoms with Crippen LogP contribution in [0.3, 0.4) is 0 Å². The summed E-state index contributed by atoms with van der Waals surface area (Å²) >= 11 is 0. The molecule has 0 unspecified atom stereocenters. The van der Waals surface area contributed by atoms with Gasteiger partial charge in [-0.25, -0.2) is 0 Å². The molecular formula is C7H11N2O. The molecule has 10 heavy (non-hydrogen) atoms. The molecular weight excluding hydrogens is 128 g/mol. The van der Waals surface area contributed by atoms with Gasteiger partial charge < -0.3 is 4.52 Å². The lowest BCUT2D eigenvalue weighted by Crippen LogP contribution is -1.86. The minimum absolute atomic E-state index is 0.772. The van der Waals surface area contributed by atoms with Crippen molar-refractivity contribution in [2.24, 2.45) is 0 Å². The average molecular weight is 139 g/mol. The minimum Gasteiger partial charge on any atom is -0.329 e. The molecule has 0 spiro atoms. The van der Waals surface area contributed by atoms with Crippen molar-refractivity contribution in [2.45, 2.75) is 32.6 Å². The summed E-state index contributed by atoms with van der Waals surface area (Å²) in [5.74, 6) is 0.772. The topological polar surface area (TPSA) is 38.9 Å². The van der Waals surface area contributed by atoms with E-state index in [1.165, 1.54) is 12.8 Å². The Labute approximate surface area is 60.4 Å². The van der Waals surface area contributed by atoms with E-state index >= 15 is 0 Å². The first-order chi connectivity index (χ1) is 4.93. The molecule has 0 aliphatic rings. The molecule has 3 heteroatoms. The Morgan fingerprint density at radius 1 is 1.50 bits per heavy atom. The number of aromatic nitrogens is 2. The first-order valence-electron chi connectivity index (χ1n) is 3.62. The zero-order chi connectivity index (χ0) is 7.23. The summed E-state index contributed by atoms with van der Waals surface area (Å²) in [6.07, 6.45) is 6.84. The third-order valence-corrected chi connectivity index (χ3v) is 1.37. The van der Waals surface area contributed by atoms with Gasteiger partial charge in [-0.2, -0.15) is 4.98 Å². The van der Waals surface area contributed by atoms with E-state index in [0.29, 0.717) is 0 Å². The van der Waals surface area contributed by atoms with Crippen LogP contribution in [0.2, 0.25) is 0 Å². The zero-order valence-electron chi connectivity index (χ0n) is 6.13. The number of aryl methyl sites for hydroxylation is 1. The maximum atomic E-state index is 4.46. The Morgan fingerprint density at radius 3 is 3.00 bits per heavy atom. The van der Waals surface area contributed by atoms with Gasteiger partial charge in [-0.3, -0.25) is 0 Å². The number of nitrogens with zero attached hydrogens (tertiary/aromatic N) is 2. The monoisotopic (exact) mass is 139 g/mol. The third-order valence-electron chi connectivity index (χ3n) is 1.37. The molecule has 1 radical (unpaired) electrons. The van der Waals surface area contributed by atoms with Gasteiger partial charge in [0, 0.05) is 6.42 Å². The van der Waals surface area contributed by atoms with Crippen LogP contribution < -0.4 is 0 Å². The van der Waals surface area contributed by atoms with Crippen LogP contribution in [0.5, 0.6) is 0 Å². The van der Waals surface area contributed by atoms with Gasteiger partial charge in [-0.15, -0.1) is 0 Å². The predicted octanol–water partition coefficient (Wildman–Crippen LogP) is 1.60. The number of hydrogen-bond donors (Lipinski definition) is 0. The van der Waals surface area contributed by atoms with Crippen molar-refractivity contribution in [1.82, 2.24) is 10.1 Å². The number of hydrogen-bond acceptors (Lipinski definition) is 3. The molecule has 0 aromatic carbocycles. The Kier molecular flexibility index (Phi) is 2.93. The Bertz CT molecular complexity index is 160. The van der Waals surface area contributed by atoms with E-state index in [-0.39, 0.29) is 0 Å². The molecule has 1 aromatic heterocycles. The Hall–Kier alpha value is -0.860. The van der Waals surface area contributed by atoms with Crippen molar-refractivity contribution in [1.29, 1.82) is 0 Å². The van der Waals surface area contributed by atoms with Gasteiger partial charge in [0.2, 0.25) is 0 Å². The molecule has 1 heterocycles. The number of unbranched alkanes of at least 4 members (excludes halogenated alkanes) is 2. The largest absolute Gasteiger partial charge is 0.329 e. The lowest BCUT2D eigenvalue weighted by atomic mass is 10.2. The zero-order valence-corrected chi connectivity index (χ0v) is 6.13. The van der Waals surface area contributed by atoms with E-state index in [1.807, 2.05) is 0 Å². The normalized spacial score (nSPS) is 10.1. The second-order valence-corrected chi connectivity index (χ2v) is 2.26. The molecule has 0 N–H and O–H groups in total. The van der Waals surface area contributed by atoms with Gasteiger partial charge >= 0.3 is 6.39 Å². The first-order valence-corrected chi connectivity index (χ1v) is 3.62. The fourth-order valence-corrected chi connectivity index (χ4v) is 0.801. The van der Waals surface area contributed by atoms with Gasteiger partial charge in [0.05, 0.1) is 0 Å². The average Bonchev–Trinajstić information content (AvgIpc) is 2.41. The molecule has 0 saturated carbocycles. The number of rotatable bonds is 4. The summed E-state index contributed by atoms with van der Waals surface area (Å²) in [6.45, 7) is 2.17. The highest BCUT2D eigenvalue weighted by Crippen LogP contribution is 1.99. The highest BCUT2D eigenvalue weighted by atomic mass is 16.5. The SMILES string of the molecule is CCCCCc1n[c]on1. The fourth-order valence-electron chi connectivity index (χ4n) is 0.801. The molecule has 0 aliphatic heterocycles. The van der Waals surface area contributed by atoms with Crippen LogP contribution in [-0.4, -0.2) is 10.1 Å². The van der Waals surface area contributed by atoms with E-state index < -0.39 is 0 Å². The summed E-state index contributed by atoms with van der Waals surface area (Å²) < 4.78 is 4.46. The van der Waals surface area contributed by atoms with Gasteiger partial charge in [0.25, 0.3) is 0 Å². The molecule has 1 rings (SSSR count). The first kappa shape index (κ1) is 7.25. The van der Waals surface area contributed by atoms with Crippen LogP contribution >= 0.6 is 0 Å². The van der Waals surface area contributed by atoms with Crippen molar-refractivity contribution >= 4 is 0 Å². The van der Waals surface area contributed by atoms with Crippen molar-refractivity contribution in [2.75, 3.05) is 0 Å². The third kappa shape index (κ3) is 2.17. The molecule has 3 nitrogen and oxygen atoms in total. The lowest BCUT2D eigenvalue weighted by Gasteiger charge is -1.90. The van der Waals surface area contributed by atoms with Crippen LogP contribution in [-0.2, 0) is 6.42 Å². The summed E-state index contributed by atoms with van der Waals surface area (Å²) in [5, 5.41) is 3.65. The van der Waals surface area contributed by atoms with E-state index in [9.17, 15) is 0 Å². The molecule has 1 aromatic rings. The van der Waals surface area contributed by atoms with Crippen LogP contribution in [0.1, 0.15) is 32.0 Å². The standard InChI is InChI=1S/C7H11N2O/c1-2-3-4-5-7-8-6-10-9-7/h2-5H2,1H3. The highest BCUT2D eigenvalue weighted by molar-refractivity contribution is 4.76. The molecule has 55 valence electrons. The maximum absolute atomic E-state index is 4.46. The smallest absolute Gasteiger partial charge is 0.316 e. The summed E-state index contributed by atoms with van der Waals surface area (Å²) in [5.41, 5.74) is 0. The van der Waals surface area contributed by atoms with Gasteiger partial charge in [0.15, 0.2) is 5.82 Å². The summed E-state index contributed by atoms with van der Waals surface area (Å²) in [4.78, 5) is 3.79. The van der Waals surface area contributed by atoms with Crippen LogP contribution in [0.25, 0.3) is 0 Å². The van der Waals surface area contributed by atoms with E-state index in [2.05, 4.69) is 28.0 Å². The van der Waals surface area contributed by atoms with Crippen molar-refractivity contribution < 1.29 is 4.52 Å².